The number of hydrogen-bond acceptors (Lipinski definition) is 3. The Morgan fingerprint density at radius 1 is 1.10 bits per heavy atom. The van der Waals surface area contributed by atoms with Crippen LogP contribution in [0.5, 0.6) is 0 Å². The average molecular weight is 443 g/mol. The van der Waals surface area contributed by atoms with E-state index >= 15 is 0 Å². The summed E-state index contributed by atoms with van der Waals surface area (Å²) in [5, 5.41) is 4.19. The second-order valence-electron chi connectivity index (χ2n) is 8.62. The molecule has 1 atom stereocenters. The van der Waals surface area contributed by atoms with Crippen molar-refractivity contribution >= 4 is 29.3 Å². The van der Waals surface area contributed by atoms with Crippen LogP contribution >= 0.6 is 23.4 Å². The molecule has 1 amide bonds. The monoisotopic (exact) mass is 442 g/mol. The lowest BCUT2D eigenvalue weighted by Crippen LogP contribution is -2.55. The van der Waals surface area contributed by atoms with E-state index in [1.165, 1.54) is 31.2 Å². The van der Waals surface area contributed by atoms with Gasteiger partial charge in [-0.15, -0.1) is 11.8 Å². The summed E-state index contributed by atoms with van der Waals surface area (Å²) in [6.07, 6.45) is 9.24. The fourth-order valence-electron chi connectivity index (χ4n) is 5.48. The molecule has 160 valence electrons. The fourth-order valence-corrected chi connectivity index (χ4v) is 6.52. The van der Waals surface area contributed by atoms with Gasteiger partial charge in [0.05, 0.1) is 11.6 Å². The van der Waals surface area contributed by atoms with Crippen molar-refractivity contribution in [1.29, 1.82) is 0 Å². The summed E-state index contributed by atoms with van der Waals surface area (Å²) >= 11 is 7.84. The van der Waals surface area contributed by atoms with Crippen LogP contribution in [-0.4, -0.2) is 35.7 Å². The third kappa shape index (κ3) is 4.15. The van der Waals surface area contributed by atoms with Crippen LogP contribution in [0.2, 0.25) is 5.02 Å². The first-order chi connectivity index (χ1) is 14.5. The van der Waals surface area contributed by atoms with Gasteiger partial charge in [0.1, 0.15) is 0 Å². The third-order valence-electron chi connectivity index (χ3n) is 6.86. The van der Waals surface area contributed by atoms with Gasteiger partial charge >= 0.3 is 0 Å². The van der Waals surface area contributed by atoms with Gasteiger partial charge in [0, 0.05) is 15.5 Å². The quantitative estimate of drug-likeness (QED) is 0.536. The van der Waals surface area contributed by atoms with Crippen molar-refractivity contribution in [3.05, 3.63) is 64.2 Å². The second kappa shape index (κ2) is 9.33. The van der Waals surface area contributed by atoms with Crippen molar-refractivity contribution in [3.8, 4) is 0 Å². The van der Waals surface area contributed by atoms with Crippen LogP contribution in [-0.2, 0) is 0 Å². The molecule has 4 rings (SSSR count). The minimum Gasteiger partial charge on any atom is -0.343 e. The lowest BCUT2D eigenvalue weighted by molar-refractivity contribution is 0.0641. The number of carbonyl (C=O) groups is 1. The maximum Gasteiger partial charge on any atom is 0.253 e. The molecular weight excluding hydrogens is 412 g/mol. The highest BCUT2D eigenvalue weighted by molar-refractivity contribution is 7.98. The smallest absolute Gasteiger partial charge is 0.253 e. The summed E-state index contributed by atoms with van der Waals surface area (Å²) < 4.78 is 0. The van der Waals surface area contributed by atoms with Gasteiger partial charge in [-0.2, -0.15) is 0 Å². The molecule has 1 aliphatic carbocycles. The molecule has 1 saturated heterocycles. The number of benzene rings is 2. The zero-order chi connectivity index (χ0) is 21.1. The Hall–Kier alpha value is -1.49. The average Bonchev–Trinajstić information content (AvgIpc) is 3.44. The maximum absolute atomic E-state index is 13.7. The molecule has 3 nitrogen and oxygen atoms in total. The van der Waals surface area contributed by atoms with Gasteiger partial charge in [0.25, 0.3) is 5.91 Å². The molecule has 0 aromatic heterocycles. The van der Waals surface area contributed by atoms with Gasteiger partial charge in [0.15, 0.2) is 0 Å². The molecule has 0 bridgehead atoms. The van der Waals surface area contributed by atoms with Crippen LogP contribution in [0.1, 0.15) is 66.1 Å². The van der Waals surface area contributed by atoms with Crippen molar-refractivity contribution in [2.75, 3.05) is 19.3 Å². The zero-order valence-electron chi connectivity index (χ0n) is 17.9. The standard InChI is InChI=1S/C25H31ClN2OS/c1-18-16-20(26)17-21(30-2)22(18)24(29)27-23(19-10-4-3-5-11-19)25(12-6-7-13-25)28-14-8-9-15-28/h3-5,10-11,16-17,23H,6-9,12-15H2,1-2H3,(H,27,29). The van der Waals surface area contributed by atoms with Gasteiger partial charge in [-0.05, 0) is 75.2 Å². The molecule has 2 aliphatic rings. The van der Waals surface area contributed by atoms with E-state index in [0.717, 1.165) is 42.0 Å². The van der Waals surface area contributed by atoms with E-state index in [1.54, 1.807) is 11.8 Å². The Morgan fingerprint density at radius 3 is 2.40 bits per heavy atom. The summed E-state index contributed by atoms with van der Waals surface area (Å²) in [4.78, 5) is 17.3. The molecule has 2 aromatic carbocycles. The Kier molecular flexibility index (Phi) is 6.76. The van der Waals surface area contributed by atoms with E-state index in [-0.39, 0.29) is 17.5 Å². The summed E-state index contributed by atoms with van der Waals surface area (Å²) in [6, 6.07) is 14.3. The van der Waals surface area contributed by atoms with Crippen molar-refractivity contribution in [3.63, 3.8) is 0 Å². The van der Waals surface area contributed by atoms with E-state index in [2.05, 4.69) is 40.5 Å². The summed E-state index contributed by atoms with van der Waals surface area (Å²) in [5.74, 6) is 0.00726. The number of halogens is 1. The highest BCUT2D eigenvalue weighted by Gasteiger charge is 2.48. The Bertz CT molecular complexity index is 890. The van der Waals surface area contributed by atoms with E-state index < -0.39 is 0 Å². The van der Waals surface area contributed by atoms with Crippen molar-refractivity contribution in [2.45, 2.75) is 61.9 Å². The minimum absolute atomic E-state index is 0.00726. The number of nitrogens with one attached hydrogen (secondary N) is 1. The molecular formula is C25H31ClN2OS. The first-order valence-corrected chi connectivity index (χ1v) is 12.6. The number of rotatable bonds is 6. The summed E-state index contributed by atoms with van der Waals surface area (Å²) in [5.41, 5.74) is 2.89. The summed E-state index contributed by atoms with van der Waals surface area (Å²) in [7, 11) is 0. The number of hydrogen-bond donors (Lipinski definition) is 1. The van der Waals surface area contributed by atoms with E-state index in [4.69, 9.17) is 11.6 Å². The van der Waals surface area contributed by atoms with Gasteiger partial charge in [0.2, 0.25) is 0 Å². The zero-order valence-corrected chi connectivity index (χ0v) is 19.5. The van der Waals surface area contributed by atoms with Crippen LogP contribution < -0.4 is 5.32 Å². The predicted octanol–water partition coefficient (Wildman–Crippen LogP) is 6.25. The molecule has 0 spiro atoms. The molecule has 2 fully saturated rings. The second-order valence-corrected chi connectivity index (χ2v) is 9.91. The highest BCUT2D eigenvalue weighted by atomic mass is 35.5. The predicted molar refractivity (Wildman–Crippen MR) is 127 cm³/mol. The molecule has 5 heteroatoms. The van der Waals surface area contributed by atoms with E-state index in [9.17, 15) is 4.79 Å². The van der Waals surface area contributed by atoms with Crippen LogP contribution in [0.3, 0.4) is 0 Å². The van der Waals surface area contributed by atoms with Crippen molar-refractivity contribution in [1.82, 2.24) is 10.2 Å². The molecule has 1 saturated carbocycles. The normalized spacial score (nSPS) is 19.7. The number of aryl methyl sites for hydroxylation is 1. The lowest BCUT2D eigenvalue weighted by Gasteiger charge is -2.45. The highest BCUT2D eigenvalue weighted by Crippen LogP contribution is 2.46. The Balaban J connectivity index is 1.74. The van der Waals surface area contributed by atoms with Gasteiger partial charge < -0.3 is 5.32 Å². The van der Waals surface area contributed by atoms with Gasteiger partial charge in [-0.25, -0.2) is 0 Å². The maximum atomic E-state index is 13.7. The number of thioether (sulfide) groups is 1. The number of carbonyl (C=O) groups excluding carboxylic acids is 1. The van der Waals surface area contributed by atoms with Crippen LogP contribution in [0.4, 0.5) is 0 Å². The van der Waals surface area contributed by atoms with Crippen molar-refractivity contribution < 1.29 is 4.79 Å². The summed E-state index contributed by atoms with van der Waals surface area (Å²) in [6.45, 7) is 4.24. The lowest BCUT2D eigenvalue weighted by atomic mass is 9.81. The first kappa shape index (κ1) is 21.7. The van der Waals surface area contributed by atoms with Crippen molar-refractivity contribution in [2.24, 2.45) is 0 Å². The molecule has 30 heavy (non-hydrogen) atoms. The Morgan fingerprint density at radius 2 is 1.77 bits per heavy atom. The Labute approximate surface area is 189 Å². The van der Waals surface area contributed by atoms with Gasteiger partial charge in [-0.1, -0.05) is 54.8 Å². The molecule has 0 radical (unpaired) electrons. The minimum atomic E-state index is -0.0171. The van der Waals surface area contributed by atoms with Crippen LogP contribution in [0, 0.1) is 6.92 Å². The largest absolute Gasteiger partial charge is 0.343 e. The third-order valence-corrected chi connectivity index (χ3v) is 7.84. The number of nitrogens with zero attached hydrogens (tertiary/aromatic N) is 1. The topological polar surface area (TPSA) is 32.3 Å². The number of amides is 1. The molecule has 1 N–H and O–H groups in total. The first-order valence-electron chi connectivity index (χ1n) is 11.0. The molecule has 2 aromatic rings. The van der Waals surface area contributed by atoms with Gasteiger partial charge in [-0.3, -0.25) is 9.69 Å². The SMILES string of the molecule is CSc1cc(Cl)cc(C)c1C(=O)NC(c1ccccc1)C1(N2CCCC2)CCCC1. The molecule has 1 aliphatic heterocycles. The number of likely N-dealkylation sites (tertiary alicyclic amines) is 1. The van der Waals surface area contributed by atoms with E-state index in [1.807, 2.05) is 25.3 Å². The van der Waals surface area contributed by atoms with Crippen LogP contribution in [0.25, 0.3) is 0 Å². The van der Waals surface area contributed by atoms with E-state index in [0.29, 0.717) is 5.02 Å². The molecule has 1 unspecified atom stereocenters. The van der Waals surface area contributed by atoms with Crippen LogP contribution in [0.15, 0.2) is 47.4 Å². The molecule has 1 heterocycles. The fraction of sp³-hybridized carbons (Fsp3) is 0.480.